The number of rotatable bonds is 6. The Morgan fingerprint density at radius 1 is 0.299 bits per heavy atom. The lowest BCUT2D eigenvalue weighted by molar-refractivity contribution is 0.338. The molecule has 2 aliphatic heterocycles. The van der Waals surface area contributed by atoms with Crippen LogP contribution in [0.2, 0.25) is 0 Å². The van der Waals surface area contributed by atoms with E-state index in [2.05, 4.69) is 259 Å². The minimum absolute atomic E-state index is 0.240. The Hall–Kier alpha value is -7.30. The summed E-state index contributed by atoms with van der Waals surface area (Å²) >= 11 is 0. The quantitative estimate of drug-likeness (QED) is 0.167. The first kappa shape index (κ1) is 41.2. The molecular formula is C63H56N4. The molecule has 0 fully saturated rings. The smallest absolute Gasteiger partial charge is 0.136 e. The van der Waals surface area contributed by atoms with Crippen LogP contribution in [0.15, 0.2) is 204 Å². The van der Waals surface area contributed by atoms with Crippen LogP contribution in [0.5, 0.6) is 0 Å². The van der Waals surface area contributed by atoms with Crippen molar-refractivity contribution >= 4 is 23.0 Å². The lowest BCUT2D eigenvalue weighted by Gasteiger charge is -2.41. The highest BCUT2D eigenvalue weighted by molar-refractivity contribution is 6.14. The van der Waals surface area contributed by atoms with Gasteiger partial charge in [0.25, 0.3) is 0 Å². The molecule has 2 heterocycles. The Kier molecular flexibility index (Phi) is 8.81. The number of hydrogen-bond donors (Lipinski definition) is 0. The maximum Gasteiger partial charge on any atom is 0.136 e. The fourth-order valence-corrected chi connectivity index (χ4v) is 11.6. The molecule has 12 rings (SSSR count). The van der Waals surface area contributed by atoms with Crippen LogP contribution >= 0.6 is 0 Å². The molecule has 0 saturated carbocycles. The van der Waals surface area contributed by atoms with Crippen molar-refractivity contribution in [2.45, 2.75) is 83.0 Å². The summed E-state index contributed by atoms with van der Waals surface area (Å²) in [6.07, 6.45) is 0. The number of para-hydroxylation sites is 2. The van der Waals surface area contributed by atoms with E-state index in [9.17, 15) is 0 Å². The van der Waals surface area contributed by atoms with Gasteiger partial charge in [-0.3, -0.25) is 9.98 Å². The fourth-order valence-electron chi connectivity index (χ4n) is 11.6. The van der Waals surface area contributed by atoms with Crippen LogP contribution < -0.4 is 9.80 Å². The van der Waals surface area contributed by atoms with E-state index in [4.69, 9.17) is 9.98 Å². The van der Waals surface area contributed by atoms with Gasteiger partial charge in [0.2, 0.25) is 0 Å². The van der Waals surface area contributed by atoms with E-state index in [-0.39, 0.29) is 22.2 Å². The van der Waals surface area contributed by atoms with E-state index in [0.717, 1.165) is 34.2 Å². The topological polar surface area (TPSA) is 31.2 Å². The van der Waals surface area contributed by atoms with Gasteiger partial charge in [-0.05, 0) is 171 Å². The summed E-state index contributed by atoms with van der Waals surface area (Å²) < 4.78 is 0. The number of amidine groups is 2. The van der Waals surface area contributed by atoms with Crippen LogP contribution in [0, 0.1) is 0 Å². The molecule has 0 radical (unpaired) electrons. The van der Waals surface area contributed by atoms with Gasteiger partial charge in [-0.15, -0.1) is 0 Å². The Labute approximate surface area is 396 Å². The normalized spacial score (nSPS) is 18.3. The minimum Gasteiger partial charge on any atom is -0.318 e. The van der Waals surface area contributed by atoms with Gasteiger partial charge in [-0.2, -0.15) is 0 Å². The predicted octanol–water partition coefficient (Wildman–Crippen LogP) is 15.0. The highest BCUT2D eigenvalue weighted by Crippen LogP contribution is 2.63. The van der Waals surface area contributed by atoms with Gasteiger partial charge in [-0.1, -0.05) is 146 Å². The van der Waals surface area contributed by atoms with Gasteiger partial charge in [0.15, 0.2) is 0 Å². The molecule has 4 heteroatoms. The van der Waals surface area contributed by atoms with Crippen LogP contribution in [0.1, 0.15) is 88.8 Å². The summed E-state index contributed by atoms with van der Waals surface area (Å²) in [6.45, 7) is 18.2. The molecule has 0 bridgehead atoms. The van der Waals surface area contributed by atoms with E-state index in [1.807, 2.05) is 0 Å². The van der Waals surface area contributed by atoms with Crippen LogP contribution in [-0.4, -0.2) is 33.8 Å². The Bertz CT molecular complexity index is 3140. The first-order chi connectivity index (χ1) is 32.2. The molecule has 0 N–H and O–H groups in total. The van der Waals surface area contributed by atoms with E-state index in [0.29, 0.717) is 0 Å². The summed E-state index contributed by atoms with van der Waals surface area (Å²) in [5.74, 6) is 2.01. The van der Waals surface area contributed by atoms with Gasteiger partial charge >= 0.3 is 0 Å². The molecule has 8 aromatic rings. The zero-order valence-electron chi connectivity index (χ0n) is 39.8. The number of hydrogen-bond acceptors (Lipinski definition) is 4. The van der Waals surface area contributed by atoms with E-state index < -0.39 is 5.41 Å². The summed E-state index contributed by atoms with van der Waals surface area (Å²) in [5, 5.41) is 0. The molecule has 8 aromatic carbocycles. The molecule has 0 aromatic heterocycles. The highest BCUT2D eigenvalue weighted by Gasteiger charge is 2.53. The van der Waals surface area contributed by atoms with Crippen molar-refractivity contribution in [2.24, 2.45) is 9.98 Å². The molecule has 2 aliphatic carbocycles. The molecule has 67 heavy (non-hydrogen) atoms. The fraction of sp³-hybridized carbons (Fsp3) is 0.206. The summed E-state index contributed by atoms with van der Waals surface area (Å²) in [4.78, 5) is 15.8. The lowest BCUT2D eigenvalue weighted by atomic mass is 9.70. The Balaban J connectivity index is 1.01. The SMILES string of the molecule is CC1(C)N=C(c2cccc(-c3ccc4c(c3)C3(c5ccccc5-c5ccccc53)c3cc(-c5cccc(C6=NC(C)(C)C(C)(C)N6c6ccccc6)c5)ccc3-4)c2)N(c2ccccc2)C1(C)C. The summed E-state index contributed by atoms with van der Waals surface area (Å²) in [7, 11) is 0. The van der Waals surface area contributed by atoms with Gasteiger partial charge in [-0.25, -0.2) is 0 Å². The van der Waals surface area contributed by atoms with E-state index >= 15 is 0 Å². The molecule has 1 spiro atoms. The summed E-state index contributed by atoms with van der Waals surface area (Å²) in [5.41, 5.74) is 18.1. The van der Waals surface area contributed by atoms with Crippen molar-refractivity contribution in [2.75, 3.05) is 9.80 Å². The minimum atomic E-state index is -0.513. The van der Waals surface area contributed by atoms with E-state index in [1.54, 1.807) is 0 Å². The standard InChI is InChI=1S/C63H56N4/c1-59(2)61(5,6)66(47-25-11-9-12-26-47)57(64-59)45-23-19-21-41(37-45)43-33-35-51-52-36-34-44(40-56(52)63(55(51)39-43)53-31-17-15-29-49(53)50-30-16-18-32-54(50)63)42-22-20-24-46(38-42)58-65-60(3,4)62(7,8)67(58)48-27-13-10-14-28-48/h9-40H,1-8H3. The Morgan fingerprint density at radius 2 is 0.642 bits per heavy atom. The maximum absolute atomic E-state index is 5.45. The van der Waals surface area contributed by atoms with Crippen LogP contribution in [0.4, 0.5) is 11.4 Å². The maximum atomic E-state index is 5.45. The first-order valence-corrected chi connectivity index (χ1v) is 23.8. The number of benzene rings is 8. The Morgan fingerprint density at radius 3 is 1.06 bits per heavy atom. The second kappa shape index (κ2) is 14.3. The van der Waals surface area contributed by atoms with Crippen molar-refractivity contribution in [1.29, 1.82) is 0 Å². The van der Waals surface area contributed by atoms with Crippen LogP contribution in [-0.2, 0) is 5.41 Å². The molecule has 0 saturated heterocycles. The highest BCUT2D eigenvalue weighted by atomic mass is 15.3. The molecule has 4 aliphatic rings. The van der Waals surface area contributed by atoms with E-state index in [1.165, 1.54) is 66.8 Å². The third-order valence-electron chi connectivity index (χ3n) is 16.3. The molecule has 4 nitrogen and oxygen atoms in total. The van der Waals surface area contributed by atoms with Gasteiger partial charge < -0.3 is 9.80 Å². The van der Waals surface area contributed by atoms with Gasteiger partial charge in [0, 0.05) is 22.5 Å². The van der Waals surface area contributed by atoms with Crippen molar-refractivity contribution in [3.05, 3.63) is 228 Å². The molecule has 328 valence electrons. The second-order valence-electron chi connectivity index (χ2n) is 21.0. The monoisotopic (exact) mass is 868 g/mol. The van der Waals surface area contributed by atoms with Crippen LogP contribution in [0.3, 0.4) is 0 Å². The van der Waals surface area contributed by atoms with Gasteiger partial charge in [0.05, 0.1) is 27.6 Å². The van der Waals surface area contributed by atoms with Gasteiger partial charge in [0.1, 0.15) is 11.7 Å². The van der Waals surface area contributed by atoms with Crippen molar-refractivity contribution < 1.29 is 0 Å². The van der Waals surface area contributed by atoms with Crippen molar-refractivity contribution in [1.82, 2.24) is 0 Å². The van der Waals surface area contributed by atoms with Crippen molar-refractivity contribution in [3.8, 4) is 44.5 Å². The first-order valence-electron chi connectivity index (χ1n) is 23.8. The van der Waals surface area contributed by atoms with Crippen LogP contribution in [0.25, 0.3) is 44.5 Å². The largest absolute Gasteiger partial charge is 0.318 e. The second-order valence-corrected chi connectivity index (χ2v) is 21.0. The number of anilines is 2. The molecule has 0 unspecified atom stereocenters. The van der Waals surface area contributed by atoms with Crippen molar-refractivity contribution in [3.63, 3.8) is 0 Å². The number of aliphatic imine (C=N–C) groups is 2. The molecular weight excluding hydrogens is 813 g/mol. The number of nitrogens with zero attached hydrogens (tertiary/aromatic N) is 4. The third kappa shape index (κ3) is 5.78. The molecule has 0 amide bonds. The average molecular weight is 869 g/mol. The predicted molar refractivity (Wildman–Crippen MR) is 281 cm³/mol. The molecule has 0 atom stereocenters. The average Bonchev–Trinajstić information content (AvgIpc) is 3.94. The summed E-state index contributed by atoms with van der Waals surface area (Å²) in [6, 6.07) is 72.1. The third-order valence-corrected chi connectivity index (χ3v) is 16.3. The zero-order valence-corrected chi connectivity index (χ0v) is 39.8. The zero-order chi connectivity index (χ0) is 46.1. The lowest BCUT2D eigenvalue weighted by Crippen LogP contribution is -2.53. The number of fused-ring (bicyclic) bond motifs is 10.